The highest BCUT2D eigenvalue weighted by atomic mass is 32.2. The Kier molecular flexibility index (Phi) is 4.93. The number of aryl methyl sites for hydroxylation is 1. The molecule has 1 rings (SSSR count). The molecule has 0 amide bonds. The van der Waals surface area contributed by atoms with Gasteiger partial charge in [-0.3, -0.25) is 0 Å². The number of halogens is 1. The van der Waals surface area contributed by atoms with Gasteiger partial charge in [0.1, 0.15) is 15.7 Å². The Morgan fingerprint density at radius 2 is 2.06 bits per heavy atom. The van der Waals surface area contributed by atoms with E-state index in [9.17, 15) is 12.8 Å². The van der Waals surface area contributed by atoms with Crippen LogP contribution in [0, 0.1) is 12.7 Å². The van der Waals surface area contributed by atoms with Crippen LogP contribution in [-0.4, -0.2) is 26.5 Å². The van der Waals surface area contributed by atoms with Gasteiger partial charge in [-0.1, -0.05) is 13.0 Å². The van der Waals surface area contributed by atoms with Crippen LogP contribution in [0.15, 0.2) is 18.2 Å². The summed E-state index contributed by atoms with van der Waals surface area (Å²) in [6, 6.07) is 4.52. The summed E-state index contributed by atoms with van der Waals surface area (Å²) in [5.74, 6) is 0.0518. The molecular formula is C12H18FNO2S. The maximum Gasteiger partial charge on any atom is 0.150 e. The molecule has 0 radical (unpaired) electrons. The molecule has 0 aromatic heterocycles. The molecule has 1 aromatic rings. The van der Waals surface area contributed by atoms with E-state index in [1.807, 2.05) is 6.92 Å². The average Bonchev–Trinajstić information content (AvgIpc) is 2.29. The van der Waals surface area contributed by atoms with Gasteiger partial charge in [0.05, 0.1) is 5.75 Å². The van der Waals surface area contributed by atoms with Gasteiger partial charge in [-0.05, 0) is 31.0 Å². The lowest BCUT2D eigenvalue weighted by Gasteiger charge is -2.09. The Morgan fingerprint density at radius 3 is 2.71 bits per heavy atom. The number of anilines is 1. The first-order valence-corrected chi connectivity index (χ1v) is 7.47. The van der Waals surface area contributed by atoms with E-state index in [1.54, 1.807) is 13.0 Å². The standard InChI is InChI=1S/C12H18FNO2S/c1-3-17(15,16)8-4-7-14-12-9-11(13)6-5-10(12)2/h5-6,9,14H,3-4,7-8H2,1-2H3. The number of nitrogens with one attached hydrogen (secondary N) is 1. The van der Waals surface area contributed by atoms with Gasteiger partial charge < -0.3 is 5.32 Å². The summed E-state index contributed by atoms with van der Waals surface area (Å²) in [7, 11) is -2.91. The number of sulfone groups is 1. The van der Waals surface area contributed by atoms with Crippen molar-refractivity contribution in [3.63, 3.8) is 0 Å². The summed E-state index contributed by atoms with van der Waals surface area (Å²) in [6.07, 6.45) is 0.534. The Hall–Kier alpha value is -1.10. The minimum Gasteiger partial charge on any atom is -0.385 e. The second-order valence-corrected chi connectivity index (χ2v) is 6.45. The fourth-order valence-corrected chi connectivity index (χ4v) is 2.32. The van der Waals surface area contributed by atoms with Gasteiger partial charge in [-0.25, -0.2) is 12.8 Å². The van der Waals surface area contributed by atoms with Gasteiger partial charge in [-0.2, -0.15) is 0 Å². The molecule has 0 spiro atoms. The van der Waals surface area contributed by atoms with E-state index in [0.29, 0.717) is 13.0 Å². The van der Waals surface area contributed by atoms with Crippen molar-refractivity contribution in [2.75, 3.05) is 23.4 Å². The van der Waals surface area contributed by atoms with E-state index >= 15 is 0 Å². The van der Waals surface area contributed by atoms with Gasteiger partial charge in [0.2, 0.25) is 0 Å². The highest BCUT2D eigenvalue weighted by Gasteiger charge is 2.06. The van der Waals surface area contributed by atoms with Crippen molar-refractivity contribution in [1.82, 2.24) is 0 Å². The van der Waals surface area contributed by atoms with Crippen molar-refractivity contribution in [1.29, 1.82) is 0 Å². The van der Waals surface area contributed by atoms with Gasteiger partial charge in [-0.15, -0.1) is 0 Å². The van der Waals surface area contributed by atoms with Crippen molar-refractivity contribution >= 4 is 15.5 Å². The minimum atomic E-state index is -2.91. The molecule has 5 heteroatoms. The fraction of sp³-hybridized carbons (Fsp3) is 0.500. The van der Waals surface area contributed by atoms with Crippen LogP contribution in [0.1, 0.15) is 18.9 Å². The van der Waals surface area contributed by atoms with Gasteiger partial charge in [0, 0.05) is 18.0 Å². The van der Waals surface area contributed by atoms with Crippen molar-refractivity contribution < 1.29 is 12.8 Å². The molecule has 0 aliphatic heterocycles. The second kappa shape index (κ2) is 6.00. The summed E-state index contributed by atoms with van der Waals surface area (Å²) < 4.78 is 35.5. The molecular weight excluding hydrogens is 241 g/mol. The highest BCUT2D eigenvalue weighted by molar-refractivity contribution is 7.91. The molecule has 0 unspecified atom stereocenters. The number of rotatable bonds is 6. The van der Waals surface area contributed by atoms with E-state index in [0.717, 1.165) is 11.3 Å². The summed E-state index contributed by atoms with van der Waals surface area (Å²) in [6.45, 7) is 4.05. The summed E-state index contributed by atoms with van der Waals surface area (Å²) in [5.41, 5.74) is 1.67. The van der Waals surface area contributed by atoms with Crippen LogP contribution in [0.5, 0.6) is 0 Å². The van der Waals surface area contributed by atoms with Crippen LogP contribution in [-0.2, 0) is 9.84 Å². The highest BCUT2D eigenvalue weighted by Crippen LogP contribution is 2.15. The molecule has 0 saturated carbocycles. The van der Waals surface area contributed by atoms with Crippen LogP contribution in [0.2, 0.25) is 0 Å². The van der Waals surface area contributed by atoms with Crippen LogP contribution in [0.25, 0.3) is 0 Å². The summed E-state index contributed by atoms with van der Waals surface area (Å²) >= 11 is 0. The Bertz CT molecular complexity index is 471. The van der Waals surface area contributed by atoms with Crippen molar-refractivity contribution in [3.05, 3.63) is 29.6 Å². The third-order valence-electron chi connectivity index (χ3n) is 2.59. The Labute approximate surface area is 102 Å². The third kappa shape index (κ3) is 4.73. The van der Waals surface area contributed by atoms with Crippen molar-refractivity contribution in [2.24, 2.45) is 0 Å². The van der Waals surface area contributed by atoms with Crippen LogP contribution >= 0.6 is 0 Å². The predicted octanol–water partition coefficient (Wildman–Crippen LogP) is 2.37. The molecule has 1 N–H and O–H groups in total. The molecule has 96 valence electrons. The van der Waals surface area contributed by atoms with E-state index in [4.69, 9.17) is 0 Å². The topological polar surface area (TPSA) is 46.2 Å². The number of hydrogen-bond donors (Lipinski definition) is 1. The summed E-state index contributed by atoms with van der Waals surface area (Å²) in [4.78, 5) is 0. The average molecular weight is 259 g/mol. The van der Waals surface area contributed by atoms with E-state index in [2.05, 4.69) is 5.32 Å². The molecule has 17 heavy (non-hydrogen) atoms. The Morgan fingerprint density at radius 1 is 1.35 bits per heavy atom. The van der Waals surface area contributed by atoms with Crippen LogP contribution in [0.4, 0.5) is 10.1 Å². The zero-order valence-corrected chi connectivity index (χ0v) is 11.0. The lowest BCUT2D eigenvalue weighted by atomic mass is 10.2. The first-order valence-electron chi connectivity index (χ1n) is 5.65. The van der Waals surface area contributed by atoms with E-state index in [-0.39, 0.29) is 17.3 Å². The number of hydrogen-bond acceptors (Lipinski definition) is 3. The molecule has 0 heterocycles. The van der Waals surface area contributed by atoms with Gasteiger partial charge in [0.25, 0.3) is 0 Å². The molecule has 0 aliphatic carbocycles. The quantitative estimate of drug-likeness (QED) is 0.798. The summed E-state index contributed by atoms with van der Waals surface area (Å²) in [5, 5.41) is 3.05. The maximum atomic E-state index is 13.0. The minimum absolute atomic E-state index is 0.171. The number of benzene rings is 1. The normalized spacial score (nSPS) is 11.5. The largest absolute Gasteiger partial charge is 0.385 e. The second-order valence-electron chi connectivity index (χ2n) is 3.98. The van der Waals surface area contributed by atoms with Crippen LogP contribution in [0.3, 0.4) is 0 Å². The van der Waals surface area contributed by atoms with Gasteiger partial charge >= 0.3 is 0 Å². The smallest absolute Gasteiger partial charge is 0.150 e. The molecule has 0 fully saturated rings. The lowest BCUT2D eigenvalue weighted by Crippen LogP contribution is -2.13. The lowest BCUT2D eigenvalue weighted by molar-refractivity contribution is 0.595. The van der Waals surface area contributed by atoms with E-state index in [1.165, 1.54) is 12.1 Å². The molecule has 3 nitrogen and oxygen atoms in total. The molecule has 0 atom stereocenters. The van der Waals surface area contributed by atoms with E-state index < -0.39 is 9.84 Å². The molecule has 1 aromatic carbocycles. The third-order valence-corrected chi connectivity index (χ3v) is 4.38. The van der Waals surface area contributed by atoms with Crippen molar-refractivity contribution in [3.8, 4) is 0 Å². The molecule has 0 saturated heterocycles. The monoisotopic (exact) mass is 259 g/mol. The van der Waals surface area contributed by atoms with Gasteiger partial charge in [0.15, 0.2) is 0 Å². The van der Waals surface area contributed by atoms with Crippen LogP contribution < -0.4 is 5.32 Å². The Balaban J connectivity index is 2.44. The maximum absolute atomic E-state index is 13.0. The first kappa shape index (κ1) is 14.0. The molecule has 0 bridgehead atoms. The first-order chi connectivity index (χ1) is 7.94. The zero-order chi connectivity index (χ0) is 12.9. The van der Waals surface area contributed by atoms with Crippen molar-refractivity contribution in [2.45, 2.75) is 20.3 Å². The SMILES string of the molecule is CCS(=O)(=O)CCCNc1cc(F)ccc1C. The fourth-order valence-electron chi connectivity index (χ4n) is 1.44. The predicted molar refractivity (Wildman–Crippen MR) is 68.6 cm³/mol. The zero-order valence-electron chi connectivity index (χ0n) is 10.2. The molecule has 0 aliphatic rings.